The number of nitrogens with zero attached hydrogens (tertiary/aromatic N) is 1. The van der Waals surface area contributed by atoms with Gasteiger partial charge in [-0.15, -0.1) is 0 Å². The van der Waals surface area contributed by atoms with Gasteiger partial charge in [0.15, 0.2) is 0 Å². The molecule has 80 valence electrons. The Bertz CT molecular complexity index is 412. The van der Waals surface area contributed by atoms with E-state index in [0.29, 0.717) is 0 Å². The first-order valence-corrected chi connectivity index (χ1v) is 5.10. The Hall–Kier alpha value is -1.38. The Morgan fingerprint density at radius 3 is 2.67 bits per heavy atom. The van der Waals surface area contributed by atoms with Gasteiger partial charge < -0.3 is 5.11 Å². The summed E-state index contributed by atoms with van der Waals surface area (Å²) >= 11 is 0. The molecule has 3 heteroatoms. The van der Waals surface area contributed by atoms with E-state index in [9.17, 15) is 4.79 Å². The third kappa shape index (κ3) is 1.52. The van der Waals surface area contributed by atoms with Crippen LogP contribution < -0.4 is 0 Å². The van der Waals surface area contributed by atoms with E-state index < -0.39 is 5.97 Å². The summed E-state index contributed by atoms with van der Waals surface area (Å²) in [6, 6.07) is 3.91. The monoisotopic (exact) mass is 205 g/mol. The maximum absolute atomic E-state index is 11.0. The number of aromatic nitrogens is 1. The Balaban J connectivity index is 2.31. The van der Waals surface area contributed by atoms with Crippen LogP contribution in [-0.2, 0) is 4.79 Å². The third-order valence-corrected chi connectivity index (χ3v) is 3.35. The molecule has 1 aromatic heterocycles. The Morgan fingerprint density at radius 2 is 2.20 bits per heavy atom. The molecule has 0 amide bonds. The zero-order valence-electron chi connectivity index (χ0n) is 9.19. The van der Waals surface area contributed by atoms with E-state index in [4.69, 9.17) is 5.11 Å². The zero-order valence-corrected chi connectivity index (χ0v) is 9.19. The molecule has 0 saturated heterocycles. The Labute approximate surface area is 89.2 Å². The topological polar surface area (TPSA) is 50.2 Å². The number of pyridine rings is 1. The van der Waals surface area contributed by atoms with Crippen molar-refractivity contribution >= 4 is 5.97 Å². The standard InChI is InChI=1S/C12H15NO2/c1-7-4-5-13-8(6-7)9-10(11(14)15)12(9,2)3/h4-6,9-10H,1-3H3,(H,14,15)/t9-,10+/m0/s1. The molecule has 1 aliphatic rings. The fourth-order valence-electron chi connectivity index (χ4n) is 2.38. The summed E-state index contributed by atoms with van der Waals surface area (Å²) < 4.78 is 0. The normalized spacial score (nSPS) is 27.4. The van der Waals surface area contributed by atoms with Gasteiger partial charge in [-0.25, -0.2) is 0 Å². The van der Waals surface area contributed by atoms with Crippen LogP contribution in [0.1, 0.15) is 31.0 Å². The van der Waals surface area contributed by atoms with Crippen LogP contribution in [0.4, 0.5) is 0 Å². The van der Waals surface area contributed by atoms with Crippen LogP contribution in [0.15, 0.2) is 18.3 Å². The molecule has 0 radical (unpaired) electrons. The number of rotatable bonds is 2. The first-order chi connectivity index (χ1) is 6.94. The van der Waals surface area contributed by atoms with Crippen molar-refractivity contribution in [2.24, 2.45) is 11.3 Å². The minimum atomic E-state index is -0.715. The van der Waals surface area contributed by atoms with Crippen molar-refractivity contribution in [2.45, 2.75) is 26.7 Å². The quantitative estimate of drug-likeness (QED) is 0.805. The molecule has 0 aromatic carbocycles. The van der Waals surface area contributed by atoms with Gasteiger partial charge in [0.2, 0.25) is 0 Å². The summed E-state index contributed by atoms with van der Waals surface area (Å²) in [4.78, 5) is 15.3. The average molecular weight is 205 g/mol. The number of aliphatic carboxylic acids is 1. The van der Waals surface area contributed by atoms with Gasteiger partial charge in [0, 0.05) is 17.8 Å². The van der Waals surface area contributed by atoms with Gasteiger partial charge in [0.05, 0.1) is 5.92 Å². The first kappa shape index (κ1) is 10.1. The molecule has 1 aliphatic carbocycles. The van der Waals surface area contributed by atoms with Crippen molar-refractivity contribution in [2.75, 3.05) is 0 Å². The van der Waals surface area contributed by atoms with Crippen molar-refractivity contribution in [3.8, 4) is 0 Å². The summed E-state index contributed by atoms with van der Waals surface area (Å²) in [6.45, 7) is 5.97. The molecule has 1 saturated carbocycles. The van der Waals surface area contributed by atoms with E-state index in [0.717, 1.165) is 11.3 Å². The molecular formula is C12H15NO2. The molecular weight excluding hydrogens is 190 g/mol. The second kappa shape index (κ2) is 3.05. The van der Waals surface area contributed by atoms with Gasteiger partial charge in [0.25, 0.3) is 0 Å². The second-order valence-corrected chi connectivity index (χ2v) is 4.87. The largest absolute Gasteiger partial charge is 0.481 e. The van der Waals surface area contributed by atoms with E-state index >= 15 is 0 Å². The summed E-state index contributed by atoms with van der Waals surface area (Å²) in [7, 11) is 0. The van der Waals surface area contributed by atoms with E-state index in [1.54, 1.807) is 6.20 Å². The Kier molecular flexibility index (Phi) is 2.07. The first-order valence-electron chi connectivity index (χ1n) is 5.10. The van der Waals surface area contributed by atoms with Crippen LogP contribution in [0, 0.1) is 18.3 Å². The van der Waals surface area contributed by atoms with Gasteiger partial charge >= 0.3 is 5.97 Å². The van der Waals surface area contributed by atoms with Crippen LogP contribution in [0.25, 0.3) is 0 Å². The SMILES string of the molecule is Cc1ccnc([C@H]2[C@H](C(=O)O)C2(C)C)c1. The Morgan fingerprint density at radius 1 is 1.53 bits per heavy atom. The molecule has 0 unspecified atom stereocenters. The molecule has 1 fully saturated rings. The summed E-state index contributed by atoms with van der Waals surface area (Å²) in [5, 5.41) is 9.06. The highest BCUT2D eigenvalue weighted by Crippen LogP contribution is 2.63. The zero-order chi connectivity index (χ0) is 11.2. The van der Waals surface area contributed by atoms with Gasteiger partial charge in [-0.05, 0) is 30.0 Å². The number of carbonyl (C=O) groups is 1. The molecule has 1 N–H and O–H groups in total. The van der Waals surface area contributed by atoms with Crippen LogP contribution >= 0.6 is 0 Å². The van der Waals surface area contributed by atoms with Crippen molar-refractivity contribution in [3.63, 3.8) is 0 Å². The summed E-state index contributed by atoms with van der Waals surface area (Å²) in [5.74, 6) is -0.935. The van der Waals surface area contributed by atoms with Gasteiger partial charge in [-0.2, -0.15) is 0 Å². The average Bonchev–Trinajstić information content (AvgIpc) is 2.69. The predicted molar refractivity (Wildman–Crippen MR) is 56.6 cm³/mol. The molecule has 0 bridgehead atoms. The maximum atomic E-state index is 11.0. The number of aryl methyl sites for hydroxylation is 1. The van der Waals surface area contributed by atoms with Gasteiger partial charge in [-0.3, -0.25) is 9.78 Å². The highest BCUT2D eigenvalue weighted by Gasteiger charge is 2.63. The summed E-state index contributed by atoms with van der Waals surface area (Å²) in [5.41, 5.74) is 1.88. The van der Waals surface area contributed by atoms with Crippen molar-refractivity contribution in [1.82, 2.24) is 4.98 Å². The van der Waals surface area contributed by atoms with Crippen molar-refractivity contribution < 1.29 is 9.90 Å². The minimum absolute atomic E-state index is 0.0647. The molecule has 1 aromatic rings. The van der Waals surface area contributed by atoms with Gasteiger partial charge in [0.1, 0.15) is 0 Å². The number of hydrogen-bond donors (Lipinski definition) is 1. The van der Waals surface area contributed by atoms with Crippen LogP contribution in [0.5, 0.6) is 0 Å². The number of hydrogen-bond acceptors (Lipinski definition) is 2. The fraction of sp³-hybridized carbons (Fsp3) is 0.500. The minimum Gasteiger partial charge on any atom is -0.481 e. The lowest BCUT2D eigenvalue weighted by atomic mass is 10.1. The van der Waals surface area contributed by atoms with Crippen molar-refractivity contribution in [1.29, 1.82) is 0 Å². The second-order valence-electron chi connectivity index (χ2n) is 4.87. The van der Waals surface area contributed by atoms with Crippen LogP contribution in [0.3, 0.4) is 0 Å². The molecule has 0 spiro atoms. The molecule has 2 rings (SSSR count). The van der Waals surface area contributed by atoms with E-state index in [2.05, 4.69) is 4.98 Å². The number of carboxylic acid groups (broad SMARTS) is 1. The highest BCUT2D eigenvalue weighted by atomic mass is 16.4. The fourth-order valence-corrected chi connectivity index (χ4v) is 2.38. The van der Waals surface area contributed by atoms with E-state index in [-0.39, 0.29) is 17.3 Å². The maximum Gasteiger partial charge on any atom is 0.307 e. The predicted octanol–water partition coefficient (Wildman–Crippen LogP) is 2.21. The van der Waals surface area contributed by atoms with Gasteiger partial charge in [-0.1, -0.05) is 13.8 Å². The smallest absolute Gasteiger partial charge is 0.307 e. The highest BCUT2D eigenvalue weighted by molar-refractivity contribution is 5.77. The van der Waals surface area contributed by atoms with E-state index in [1.807, 2.05) is 32.9 Å². The third-order valence-electron chi connectivity index (χ3n) is 3.35. The molecule has 15 heavy (non-hydrogen) atoms. The molecule has 1 heterocycles. The van der Waals surface area contributed by atoms with Crippen LogP contribution in [0.2, 0.25) is 0 Å². The number of carboxylic acids is 1. The lowest BCUT2D eigenvalue weighted by molar-refractivity contribution is -0.139. The lowest BCUT2D eigenvalue weighted by Gasteiger charge is -2.02. The molecule has 3 nitrogen and oxygen atoms in total. The molecule has 2 atom stereocenters. The lowest BCUT2D eigenvalue weighted by Crippen LogP contribution is -2.03. The van der Waals surface area contributed by atoms with Crippen molar-refractivity contribution in [3.05, 3.63) is 29.6 Å². The van der Waals surface area contributed by atoms with E-state index in [1.165, 1.54) is 0 Å². The van der Waals surface area contributed by atoms with Crippen LogP contribution in [-0.4, -0.2) is 16.1 Å². The summed E-state index contributed by atoms with van der Waals surface area (Å²) in [6.07, 6.45) is 1.75. The molecule has 0 aliphatic heterocycles.